The van der Waals surface area contributed by atoms with Gasteiger partial charge in [0, 0.05) is 13.5 Å². The molecule has 0 N–H and O–H groups in total. The first-order chi connectivity index (χ1) is 7.13. The number of aryl methyl sites for hydroxylation is 1. The molecule has 0 fully saturated rings. The number of amides is 1. The van der Waals surface area contributed by atoms with Gasteiger partial charge in [-0.05, 0) is 0 Å². The summed E-state index contributed by atoms with van der Waals surface area (Å²) in [6.07, 6.45) is 0.662. The van der Waals surface area contributed by atoms with Crippen LogP contribution >= 0.6 is 11.6 Å². The van der Waals surface area contributed by atoms with Crippen molar-refractivity contribution in [3.63, 3.8) is 0 Å². The van der Waals surface area contributed by atoms with Crippen LogP contribution in [0.4, 0.5) is 5.82 Å². The average Bonchev–Trinajstić information content (AvgIpc) is 2.23. The van der Waals surface area contributed by atoms with Gasteiger partial charge < -0.3 is 4.74 Å². The van der Waals surface area contributed by atoms with Crippen molar-refractivity contribution in [1.82, 2.24) is 9.97 Å². The van der Waals surface area contributed by atoms with Crippen molar-refractivity contribution in [3.05, 3.63) is 11.0 Å². The summed E-state index contributed by atoms with van der Waals surface area (Å²) in [5.74, 6) is 1.29. The number of likely N-dealkylation sites (N-methyl/N-ethyl adjacent to an activating group) is 1. The van der Waals surface area contributed by atoms with Gasteiger partial charge in [-0.3, -0.25) is 9.69 Å². The Bertz CT molecular complexity index is 422. The first-order valence-electron chi connectivity index (χ1n) is 4.59. The van der Waals surface area contributed by atoms with Gasteiger partial charge in [-0.1, -0.05) is 18.5 Å². The molecular formula is C9H10ClN3O2. The highest BCUT2D eigenvalue weighted by atomic mass is 35.5. The van der Waals surface area contributed by atoms with E-state index in [1.165, 1.54) is 4.90 Å². The second kappa shape index (κ2) is 3.66. The minimum absolute atomic E-state index is 0.0158. The molecule has 0 saturated carbocycles. The van der Waals surface area contributed by atoms with Gasteiger partial charge >= 0.3 is 0 Å². The van der Waals surface area contributed by atoms with Crippen LogP contribution in [0.15, 0.2) is 0 Å². The number of fused-ring (bicyclic) bond motifs is 1. The summed E-state index contributed by atoms with van der Waals surface area (Å²) in [5.41, 5.74) is 0. The summed E-state index contributed by atoms with van der Waals surface area (Å²) in [6.45, 7) is 1.90. The number of ether oxygens (including phenoxy) is 1. The Labute approximate surface area is 92.0 Å². The van der Waals surface area contributed by atoms with E-state index >= 15 is 0 Å². The molecule has 0 unspecified atom stereocenters. The fourth-order valence-corrected chi connectivity index (χ4v) is 1.55. The van der Waals surface area contributed by atoms with Gasteiger partial charge in [-0.2, -0.15) is 0 Å². The smallest absolute Gasteiger partial charge is 0.265 e. The molecule has 2 rings (SSSR count). The monoisotopic (exact) mass is 227 g/mol. The third-order valence-electron chi connectivity index (χ3n) is 2.20. The zero-order valence-electron chi connectivity index (χ0n) is 8.45. The van der Waals surface area contributed by atoms with E-state index in [4.69, 9.17) is 16.3 Å². The maximum absolute atomic E-state index is 11.4. The Kier molecular flexibility index (Phi) is 2.48. The topological polar surface area (TPSA) is 55.3 Å². The van der Waals surface area contributed by atoms with Crippen molar-refractivity contribution in [2.75, 3.05) is 18.6 Å². The molecule has 0 saturated heterocycles. The lowest BCUT2D eigenvalue weighted by molar-refractivity contribution is -0.121. The number of rotatable bonds is 1. The summed E-state index contributed by atoms with van der Waals surface area (Å²) in [5, 5.41) is 0.260. The van der Waals surface area contributed by atoms with Gasteiger partial charge in [0.1, 0.15) is 5.82 Å². The Morgan fingerprint density at radius 2 is 2.27 bits per heavy atom. The van der Waals surface area contributed by atoms with Crippen LogP contribution in [0, 0.1) is 0 Å². The zero-order valence-corrected chi connectivity index (χ0v) is 9.21. The minimum Gasteiger partial charge on any atom is -0.477 e. The predicted octanol–water partition coefficient (Wildman–Crippen LogP) is 1.05. The number of anilines is 1. The number of aromatic nitrogens is 2. The number of hydrogen-bond donors (Lipinski definition) is 0. The zero-order chi connectivity index (χ0) is 11.0. The first kappa shape index (κ1) is 10.2. The molecule has 15 heavy (non-hydrogen) atoms. The summed E-state index contributed by atoms with van der Waals surface area (Å²) < 4.78 is 5.19. The van der Waals surface area contributed by atoms with Crippen LogP contribution in [0.1, 0.15) is 12.7 Å². The van der Waals surface area contributed by atoms with Crippen LogP contribution in [0.5, 0.6) is 5.75 Å². The highest BCUT2D eigenvalue weighted by molar-refractivity contribution is 6.31. The summed E-state index contributed by atoms with van der Waals surface area (Å²) in [7, 11) is 1.65. The van der Waals surface area contributed by atoms with E-state index in [1.54, 1.807) is 7.05 Å². The van der Waals surface area contributed by atoms with Crippen molar-refractivity contribution in [2.24, 2.45) is 0 Å². The van der Waals surface area contributed by atoms with Crippen LogP contribution in [0.25, 0.3) is 0 Å². The number of carbonyl (C=O) groups is 1. The average molecular weight is 228 g/mol. The molecule has 1 aromatic rings. The SMILES string of the molecule is CCc1nc(Cl)c2c(n1)N(C)C(=O)CO2. The van der Waals surface area contributed by atoms with Crippen LogP contribution in [-0.4, -0.2) is 29.5 Å². The van der Waals surface area contributed by atoms with E-state index in [0.717, 1.165) is 0 Å². The molecule has 0 aromatic carbocycles. The largest absolute Gasteiger partial charge is 0.477 e. The molecule has 80 valence electrons. The Balaban J connectivity index is 2.55. The van der Waals surface area contributed by atoms with Crippen LogP contribution in [-0.2, 0) is 11.2 Å². The van der Waals surface area contributed by atoms with E-state index in [0.29, 0.717) is 23.8 Å². The van der Waals surface area contributed by atoms with E-state index in [1.807, 2.05) is 6.92 Å². The van der Waals surface area contributed by atoms with Crippen LogP contribution in [0.3, 0.4) is 0 Å². The van der Waals surface area contributed by atoms with E-state index in [9.17, 15) is 4.79 Å². The lowest BCUT2D eigenvalue weighted by atomic mass is 10.3. The molecule has 0 aliphatic carbocycles. The van der Waals surface area contributed by atoms with Gasteiger partial charge in [-0.25, -0.2) is 9.97 Å². The van der Waals surface area contributed by atoms with Gasteiger partial charge in [-0.15, -0.1) is 0 Å². The summed E-state index contributed by atoms with van der Waals surface area (Å²) in [6, 6.07) is 0. The molecular weight excluding hydrogens is 218 g/mol. The lowest BCUT2D eigenvalue weighted by Crippen LogP contribution is -2.36. The maximum Gasteiger partial charge on any atom is 0.265 e. The van der Waals surface area contributed by atoms with Crippen molar-refractivity contribution >= 4 is 23.3 Å². The van der Waals surface area contributed by atoms with Crippen LogP contribution < -0.4 is 9.64 Å². The van der Waals surface area contributed by atoms with Gasteiger partial charge in [0.05, 0.1) is 0 Å². The van der Waals surface area contributed by atoms with Gasteiger partial charge in [0.2, 0.25) is 0 Å². The molecule has 0 radical (unpaired) electrons. The van der Waals surface area contributed by atoms with Crippen LogP contribution in [0.2, 0.25) is 5.15 Å². The van der Waals surface area contributed by atoms with Gasteiger partial charge in [0.25, 0.3) is 5.91 Å². The normalized spacial score (nSPS) is 14.9. The minimum atomic E-state index is -0.140. The molecule has 5 nitrogen and oxygen atoms in total. The molecule has 1 amide bonds. The lowest BCUT2D eigenvalue weighted by Gasteiger charge is -2.25. The standard InChI is InChI=1S/C9H10ClN3O2/c1-3-5-11-8(10)7-9(12-5)13(2)6(14)4-15-7/h3-4H2,1-2H3. The third-order valence-corrected chi connectivity index (χ3v) is 2.46. The summed E-state index contributed by atoms with van der Waals surface area (Å²) in [4.78, 5) is 21.1. The number of carbonyl (C=O) groups excluding carboxylic acids is 1. The van der Waals surface area contributed by atoms with E-state index in [2.05, 4.69) is 9.97 Å². The van der Waals surface area contributed by atoms with E-state index < -0.39 is 0 Å². The fraction of sp³-hybridized carbons (Fsp3) is 0.444. The number of halogens is 1. The first-order valence-corrected chi connectivity index (χ1v) is 4.97. The number of hydrogen-bond acceptors (Lipinski definition) is 4. The molecule has 0 spiro atoms. The summed E-state index contributed by atoms with van der Waals surface area (Å²) >= 11 is 5.93. The number of nitrogens with zero attached hydrogens (tertiary/aromatic N) is 3. The Morgan fingerprint density at radius 3 is 2.93 bits per heavy atom. The highest BCUT2D eigenvalue weighted by Gasteiger charge is 2.27. The Hall–Kier alpha value is -1.36. The molecule has 1 aliphatic heterocycles. The fourth-order valence-electron chi connectivity index (χ4n) is 1.31. The third kappa shape index (κ3) is 1.63. The Morgan fingerprint density at radius 1 is 1.53 bits per heavy atom. The van der Waals surface area contributed by atoms with Crippen molar-refractivity contribution in [2.45, 2.75) is 13.3 Å². The molecule has 1 aliphatic rings. The highest BCUT2D eigenvalue weighted by Crippen LogP contribution is 2.34. The molecule has 2 heterocycles. The molecule has 6 heteroatoms. The molecule has 0 bridgehead atoms. The quantitative estimate of drug-likeness (QED) is 0.673. The maximum atomic E-state index is 11.4. The van der Waals surface area contributed by atoms with E-state index in [-0.39, 0.29) is 17.7 Å². The van der Waals surface area contributed by atoms with Gasteiger partial charge in [0.15, 0.2) is 23.3 Å². The molecule has 1 aromatic heterocycles. The molecule has 0 atom stereocenters. The second-order valence-electron chi connectivity index (χ2n) is 3.18. The predicted molar refractivity (Wildman–Crippen MR) is 55.3 cm³/mol. The second-order valence-corrected chi connectivity index (χ2v) is 3.54. The van der Waals surface area contributed by atoms with Crippen molar-refractivity contribution < 1.29 is 9.53 Å². The van der Waals surface area contributed by atoms with Crippen molar-refractivity contribution in [3.8, 4) is 5.75 Å². The van der Waals surface area contributed by atoms with Crippen molar-refractivity contribution in [1.29, 1.82) is 0 Å².